The number of carbonyl (C=O) groups is 3. The first-order valence-electron chi connectivity index (χ1n) is 24.8. The Hall–Kier alpha value is -2.89. The summed E-state index contributed by atoms with van der Waals surface area (Å²) in [4.78, 5) is 37.8. The summed E-state index contributed by atoms with van der Waals surface area (Å²) in [5.74, 6) is -0.994. The van der Waals surface area contributed by atoms with Crippen molar-refractivity contribution in [2.24, 2.45) is 0 Å². The molecular weight excluding hydrogens is 733 g/mol. The van der Waals surface area contributed by atoms with Gasteiger partial charge in [-0.05, 0) is 89.9 Å². The van der Waals surface area contributed by atoms with E-state index in [0.29, 0.717) is 19.3 Å². The average molecular weight is 825 g/mol. The lowest BCUT2D eigenvalue weighted by molar-refractivity contribution is -0.167. The summed E-state index contributed by atoms with van der Waals surface area (Å²) < 4.78 is 16.7. The fourth-order valence-corrected chi connectivity index (χ4v) is 6.72. The van der Waals surface area contributed by atoms with Crippen LogP contribution in [0, 0.1) is 0 Å². The van der Waals surface area contributed by atoms with Gasteiger partial charge in [-0.1, -0.05) is 191 Å². The first-order chi connectivity index (χ1) is 29.0. The van der Waals surface area contributed by atoms with Crippen molar-refractivity contribution < 1.29 is 28.6 Å². The van der Waals surface area contributed by atoms with Crippen molar-refractivity contribution in [3.8, 4) is 0 Å². The van der Waals surface area contributed by atoms with E-state index in [1.807, 2.05) is 0 Å². The van der Waals surface area contributed by atoms with Gasteiger partial charge in [0.1, 0.15) is 13.2 Å². The molecule has 0 aromatic rings. The number of carbonyl (C=O) groups excluding carboxylic acids is 3. The van der Waals surface area contributed by atoms with E-state index in [1.54, 1.807) is 0 Å². The van der Waals surface area contributed by atoms with Crippen LogP contribution < -0.4 is 0 Å². The number of unbranched alkanes of at least 4 members (excludes halogenated alkanes) is 25. The molecule has 0 aliphatic carbocycles. The predicted molar refractivity (Wildman–Crippen MR) is 251 cm³/mol. The fourth-order valence-electron chi connectivity index (χ4n) is 6.72. The predicted octanol–water partition coefficient (Wildman–Crippen LogP) is 16.1. The number of rotatable bonds is 44. The molecule has 0 aliphatic heterocycles. The molecule has 0 rings (SSSR count). The van der Waals surface area contributed by atoms with Crippen LogP contribution in [0.15, 0.2) is 60.8 Å². The van der Waals surface area contributed by atoms with Crippen molar-refractivity contribution in [1.82, 2.24) is 0 Å². The second kappa shape index (κ2) is 47.8. The zero-order chi connectivity index (χ0) is 43.0. The molecule has 0 N–H and O–H groups in total. The Balaban J connectivity index is 4.45. The van der Waals surface area contributed by atoms with Crippen molar-refractivity contribution in [1.29, 1.82) is 0 Å². The van der Waals surface area contributed by atoms with E-state index in [1.165, 1.54) is 116 Å². The Labute approximate surface area is 364 Å². The third kappa shape index (κ3) is 46.0. The molecule has 0 saturated carbocycles. The molecule has 0 aromatic heterocycles. The summed E-state index contributed by atoms with van der Waals surface area (Å²) in [6.45, 7) is 6.52. The third-order valence-corrected chi connectivity index (χ3v) is 10.5. The number of esters is 3. The topological polar surface area (TPSA) is 78.9 Å². The van der Waals surface area contributed by atoms with Crippen LogP contribution >= 0.6 is 0 Å². The molecule has 0 aliphatic rings. The van der Waals surface area contributed by atoms with Gasteiger partial charge in [-0.2, -0.15) is 0 Å². The highest BCUT2D eigenvalue weighted by atomic mass is 16.6. The van der Waals surface area contributed by atoms with Crippen molar-refractivity contribution in [3.63, 3.8) is 0 Å². The zero-order valence-corrected chi connectivity index (χ0v) is 38.8. The number of hydrogen-bond donors (Lipinski definition) is 0. The van der Waals surface area contributed by atoms with Gasteiger partial charge >= 0.3 is 17.9 Å². The molecule has 0 aromatic carbocycles. The van der Waals surface area contributed by atoms with Crippen LogP contribution in [-0.4, -0.2) is 37.2 Å². The van der Waals surface area contributed by atoms with E-state index in [-0.39, 0.29) is 37.5 Å². The lowest BCUT2D eigenvalue weighted by atomic mass is 10.1. The van der Waals surface area contributed by atoms with E-state index in [2.05, 4.69) is 81.5 Å². The van der Waals surface area contributed by atoms with E-state index in [9.17, 15) is 14.4 Å². The van der Waals surface area contributed by atoms with E-state index in [0.717, 1.165) is 77.0 Å². The molecule has 6 nitrogen and oxygen atoms in total. The standard InChI is InChI=1S/C53H92O6/c1-4-7-10-13-16-19-21-23-25-27-29-31-34-37-40-43-46-52(55)58-49-50(48-57-51(54)45-42-39-36-33-18-15-12-9-6-3)59-53(56)47-44-41-38-35-32-30-28-26-24-22-20-17-14-11-8-5-2/h25-33,36,50H,4-24,34-35,37-49H2,1-3H3/b27-25-,28-26-,31-29-,32-30-,36-33-. The minimum Gasteiger partial charge on any atom is -0.462 e. The van der Waals surface area contributed by atoms with Gasteiger partial charge in [0.25, 0.3) is 0 Å². The van der Waals surface area contributed by atoms with Crippen molar-refractivity contribution in [3.05, 3.63) is 60.8 Å². The Morgan fingerprint density at radius 1 is 0.339 bits per heavy atom. The monoisotopic (exact) mass is 825 g/mol. The maximum Gasteiger partial charge on any atom is 0.306 e. The van der Waals surface area contributed by atoms with Crippen LogP contribution in [-0.2, 0) is 28.6 Å². The van der Waals surface area contributed by atoms with Gasteiger partial charge in [0, 0.05) is 19.3 Å². The second-order valence-electron chi connectivity index (χ2n) is 16.4. The largest absolute Gasteiger partial charge is 0.462 e. The van der Waals surface area contributed by atoms with Crippen molar-refractivity contribution in [2.45, 2.75) is 245 Å². The van der Waals surface area contributed by atoms with Crippen LogP contribution in [0.25, 0.3) is 0 Å². The molecule has 0 bridgehead atoms. The molecule has 340 valence electrons. The highest BCUT2D eigenvalue weighted by Gasteiger charge is 2.19. The Morgan fingerprint density at radius 2 is 0.627 bits per heavy atom. The Bertz CT molecular complexity index is 1090. The zero-order valence-electron chi connectivity index (χ0n) is 38.8. The lowest BCUT2D eigenvalue weighted by Crippen LogP contribution is -2.30. The molecular formula is C53H92O6. The van der Waals surface area contributed by atoms with Gasteiger partial charge in [-0.15, -0.1) is 0 Å². The fraction of sp³-hybridized carbons (Fsp3) is 0.755. The van der Waals surface area contributed by atoms with Gasteiger partial charge in [-0.25, -0.2) is 0 Å². The van der Waals surface area contributed by atoms with E-state index in [4.69, 9.17) is 14.2 Å². The molecule has 6 heteroatoms. The first-order valence-corrected chi connectivity index (χ1v) is 24.8. The molecule has 0 radical (unpaired) electrons. The maximum atomic E-state index is 12.7. The Kier molecular flexibility index (Phi) is 45.4. The minimum atomic E-state index is -0.807. The number of allylic oxidation sites excluding steroid dienone is 10. The summed E-state index contributed by atoms with van der Waals surface area (Å²) in [6.07, 6.45) is 57.9. The Morgan fingerprint density at radius 3 is 1.03 bits per heavy atom. The molecule has 0 spiro atoms. The smallest absolute Gasteiger partial charge is 0.306 e. The van der Waals surface area contributed by atoms with Crippen molar-refractivity contribution in [2.75, 3.05) is 13.2 Å². The lowest BCUT2D eigenvalue weighted by Gasteiger charge is -2.18. The SMILES string of the molecule is CCCCCC/C=C\CCCC(=O)OCC(COC(=O)CCCCC/C=C\C=C/CCCCCCCCC)OC(=O)CCCCC/C=C\C=C/CCCCCCCCC. The van der Waals surface area contributed by atoms with E-state index < -0.39 is 6.10 Å². The first kappa shape index (κ1) is 56.1. The van der Waals surface area contributed by atoms with Crippen molar-refractivity contribution >= 4 is 17.9 Å². The van der Waals surface area contributed by atoms with Crippen LogP contribution in [0.2, 0.25) is 0 Å². The summed E-state index contributed by atoms with van der Waals surface area (Å²) in [7, 11) is 0. The summed E-state index contributed by atoms with van der Waals surface area (Å²) in [5.41, 5.74) is 0. The number of ether oxygens (including phenoxy) is 3. The number of hydrogen-bond acceptors (Lipinski definition) is 6. The van der Waals surface area contributed by atoms with Crippen LogP contribution in [0.1, 0.15) is 239 Å². The molecule has 0 heterocycles. The van der Waals surface area contributed by atoms with Crippen LogP contribution in [0.5, 0.6) is 0 Å². The van der Waals surface area contributed by atoms with Gasteiger partial charge < -0.3 is 14.2 Å². The molecule has 1 atom stereocenters. The average Bonchev–Trinajstić information content (AvgIpc) is 3.23. The summed E-state index contributed by atoms with van der Waals surface area (Å²) in [5, 5.41) is 0. The van der Waals surface area contributed by atoms with Gasteiger partial charge in [0.15, 0.2) is 6.10 Å². The van der Waals surface area contributed by atoms with E-state index >= 15 is 0 Å². The normalized spacial score (nSPS) is 12.5. The summed E-state index contributed by atoms with van der Waals surface area (Å²) >= 11 is 0. The van der Waals surface area contributed by atoms with Crippen LogP contribution in [0.4, 0.5) is 0 Å². The summed E-state index contributed by atoms with van der Waals surface area (Å²) in [6, 6.07) is 0. The molecule has 0 saturated heterocycles. The highest BCUT2D eigenvalue weighted by molar-refractivity contribution is 5.71. The maximum absolute atomic E-state index is 12.7. The molecule has 1 unspecified atom stereocenters. The minimum absolute atomic E-state index is 0.107. The highest BCUT2D eigenvalue weighted by Crippen LogP contribution is 2.12. The molecule has 0 amide bonds. The quantitative estimate of drug-likeness (QED) is 0.0200. The van der Waals surface area contributed by atoms with Gasteiger partial charge in [0.2, 0.25) is 0 Å². The van der Waals surface area contributed by atoms with Crippen LogP contribution in [0.3, 0.4) is 0 Å². The third-order valence-electron chi connectivity index (χ3n) is 10.5. The van der Waals surface area contributed by atoms with Gasteiger partial charge in [0.05, 0.1) is 0 Å². The molecule has 59 heavy (non-hydrogen) atoms. The molecule has 0 fully saturated rings. The second-order valence-corrected chi connectivity index (χ2v) is 16.4. The van der Waals surface area contributed by atoms with Gasteiger partial charge in [-0.3, -0.25) is 14.4 Å².